The number of esters is 1. The van der Waals surface area contributed by atoms with E-state index in [-0.39, 0.29) is 29.8 Å². The van der Waals surface area contributed by atoms with E-state index in [1.165, 1.54) is 36.1 Å². The number of carbonyl (C=O) groups excluding carboxylic acids is 2. The summed E-state index contributed by atoms with van der Waals surface area (Å²) in [5, 5.41) is 10.0. The Morgan fingerprint density at radius 1 is 1.10 bits per heavy atom. The van der Waals surface area contributed by atoms with Crippen LogP contribution >= 0.6 is 0 Å². The minimum absolute atomic E-state index is 0.0745. The Morgan fingerprint density at radius 2 is 1.86 bits per heavy atom. The third-order valence-electron chi connectivity index (χ3n) is 11.8. The summed E-state index contributed by atoms with van der Waals surface area (Å²) in [7, 11) is 2.13. The molecular formula is C43H60F2NO4+. The first kappa shape index (κ1) is 39.4. The van der Waals surface area contributed by atoms with Crippen molar-refractivity contribution in [3.8, 4) is 5.75 Å². The van der Waals surface area contributed by atoms with Gasteiger partial charge in [0.1, 0.15) is 25.6 Å². The molecule has 0 saturated heterocycles. The first-order valence-corrected chi connectivity index (χ1v) is 18.9. The molecule has 0 radical (unpaired) electrons. The van der Waals surface area contributed by atoms with Crippen LogP contribution in [0.2, 0.25) is 0 Å². The van der Waals surface area contributed by atoms with Gasteiger partial charge in [0.2, 0.25) is 0 Å². The monoisotopic (exact) mass is 692 g/mol. The van der Waals surface area contributed by atoms with E-state index >= 15 is 0 Å². The van der Waals surface area contributed by atoms with Crippen LogP contribution in [0.5, 0.6) is 5.75 Å². The summed E-state index contributed by atoms with van der Waals surface area (Å²) >= 11 is 0. The van der Waals surface area contributed by atoms with E-state index in [4.69, 9.17) is 4.74 Å². The number of fused-ring (bicyclic) bond motifs is 1. The van der Waals surface area contributed by atoms with Crippen molar-refractivity contribution < 1.29 is 32.8 Å². The standard InChI is InChI=1S/C43H59F2NO4/c1-8-12-31(15-11-16-41(49)50-28-33-18-21-38(40(48)24-33)43(44,45)9-2)23-32-14-10-13-29(3)34(19-17-32)26-39(47)35-20-22-37-36(25-35)30(4)27-46(7)42(37,5)6/h9,18,20-22,24-25,27,29-32,34H,2,8,10-17,19,23,26,28H2,1,3-7H3/p+1. The minimum Gasteiger partial charge on any atom is -0.507 e. The molecule has 1 aliphatic heterocycles. The molecule has 274 valence electrons. The highest BCUT2D eigenvalue weighted by Crippen LogP contribution is 2.39. The quantitative estimate of drug-likeness (QED) is 0.0873. The second-order valence-electron chi connectivity index (χ2n) is 15.8. The largest absolute Gasteiger partial charge is 0.507 e. The molecule has 2 aliphatic rings. The van der Waals surface area contributed by atoms with Gasteiger partial charge in [0, 0.05) is 37.8 Å². The molecule has 5 nitrogen and oxygen atoms in total. The van der Waals surface area contributed by atoms with Crippen LogP contribution in [0.1, 0.15) is 150 Å². The SMILES string of the molecule is C=CC(F)(F)c1ccc(COC(=O)CCCC(CCC)CC2CCCC(C)C(CC(=O)c3ccc4c(c3)C(C)C=[N+](C)C4(C)C)CC2)cc1O. The van der Waals surface area contributed by atoms with E-state index in [1.807, 2.05) is 6.07 Å². The lowest BCUT2D eigenvalue weighted by Gasteiger charge is -2.32. The Balaban J connectivity index is 1.26. The number of phenols is 1. The van der Waals surface area contributed by atoms with Crippen LogP contribution in [0.3, 0.4) is 0 Å². The Morgan fingerprint density at radius 3 is 2.56 bits per heavy atom. The molecule has 2 aromatic rings. The Kier molecular flexibility index (Phi) is 13.6. The zero-order valence-corrected chi connectivity index (χ0v) is 31.3. The summed E-state index contributed by atoms with van der Waals surface area (Å²) in [4.78, 5) is 26.2. The smallest absolute Gasteiger partial charge is 0.306 e. The van der Waals surface area contributed by atoms with Gasteiger partial charge in [-0.3, -0.25) is 9.59 Å². The van der Waals surface area contributed by atoms with Crippen molar-refractivity contribution in [2.24, 2.45) is 23.7 Å². The number of ketones is 1. The Bertz CT molecular complexity index is 1530. The number of hydrogen-bond acceptors (Lipinski definition) is 4. The van der Waals surface area contributed by atoms with E-state index in [0.717, 1.165) is 63.0 Å². The third kappa shape index (κ3) is 9.91. The highest BCUT2D eigenvalue weighted by molar-refractivity contribution is 5.96. The lowest BCUT2D eigenvalue weighted by molar-refractivity contribution is -0.583. The van der Waals surface area contributed by atoms with Crippen LogP contribution in [-0.4, -0.2) is 34.7 Å². The number of carbonyl (C=O) groups is 2. The van der Waals surface area contributed by atoms with Crippen molar-refractivity contribution >= 4 is 18.0 Å². The van der Waals surface area contributed by atoms with Crippen LogP contribution in [-0.2, 0) is 27.6 Å². The van der Waals surface area contributed by atoms with Crippen molar-refractivity contribution in [1.82, 2.24) is 0 Å². The molecule has 50 heavy (non-hydrogen) atoms. The van der Waals surface area contributed by atoms with Gasteiger partial charge < -0.3 is 9.84 Å². The topological polar surface area (TPSA) is 66.6 Å². The average molecular weight is 693 g/mol. The van der Waals surface area contributed by atoms with Gasteiger partial charge in [0.25, 0.3) is 5.92 Å². The number of Topliss-reactive ketones (excluding diaryl/α,β-unsaturated/α-hetero) is 1. The van der Waals surface area contributed by atoms with Gasteiger partial charge in [-0.2, -0.15) is 8.78 Å². The van der Waals surface area contributed by atoms with Gasteiger partial charge in [0.05, 0.1) is 11.5 Å². The molecule has 4 rings (SSSR count). The van der Waals surface area contributed by atoms with Gasteiger partial charge in [-0.05, 0) is 91.7 Å². The molecule has 2 aromatic carbocycles. The highest BCUT2D eigenvalue weighted by atomic mass is 19.3. The number of ether oxygens (including phenoxy) is 1. The summed E-state index contributed by atoms with van der Waals surface area (Å²) in [5.74, 6) is -1.56. The van der Waals surface area contributed by atoms with E-state index in [1.54, 1.807) is 0 Å². The molecule has 0 aromatic heterocycles. The van der Waals surface area contributed by atoms with E-state index in [9.17, 15) is 23.5 Å². The number of alkyl halides is 2. The molecule has 1 saturated carbocycles. The van der Waals surface area contributed by atoms with Crippen molar-refractivity contribution in [3.05, 3.63) is 76.9 Å². The zero-order chi connectivity index (χ0) is 36.6. The number of hydrogen-bond donors (Lipinski definition) is 1. The zero-order valence-electron chi connectivity index (χ0n) is 31.3. The molecule has 0 bridgehead atoms. The number of halogens is 2. The van der Waals surface area contributed by atoms with Crippen LogP contribution in [0, 0.1) is 23.7 Å². The molecular weight excluding hydrogens is 632 g/mol. The number of allylic oxidation sites excluding steroid dienone is 1. The predicted molar refractivity (Wildman–Crippen MR) is 197 cm³/mol. The predicted octanol–water partition coefficient (Wildman–Crippen LogP) is 10.9. The second kappa shape index (κ2) is 17.2. The molecule has 7 heteroatoms. The molecule has 0 amide bonds. The minimum atomic E-state index is -3.33. The third-order valence-corrected chi connectivity index (χ3v) is 11.8. The molecule has 0 spiro atoms. The van der Waals surface area contributed by atoms with Crippen molar-refractivity contribution in [2.45, 2.75) is 136 Å². The van der Waals surface area contributed by atoms with Gasteiger partial charge in [0.15, 0.2) is 11.3 Å². The maximum atomic E-state index is 13.9. The number of benzene rings is 2. The fourth-order valence-corrected chi connectivity index (χ4v) is 8.29. The second-order valence-corrected chi connectivity index (χ2v) is 15.8. The molecule has 1 fully saturated rings. The maximum Gasteiger partial charge on any atom is 0.306 e. The van der Waals surface area contributed by atoms with Gasteiger partial charge in [-0.25, -0.2) is 4.58 Å². The fourth-order valence-electron chi connectivity index (χ4n) is 8.29. The van der Waals surface area contributed by atoms with Gasteiger partial charge in [-0.15, -0.1) is 0 Å². The first-order valence-electron chi connectivity index (χ1n) is 18.9. The van der Waals surface area contributed by atoms with Crippen LogP contribution in [0.15, 0.2) is 49.1 Å². The van der Waals surface area contributed by atoms with Crippen LogP contribution in [0.4, 0.5) is 8.78 Å². The van der Waals surface area contributed by atoms with Gasteiger partial charge >= 0.3 is 5.97 Å². The lowest BCUT2D eigenvalue weighted by atomic mass is 9.74. The molecule has 1 heterocycles. The molecule has 5 unspecified atom stereocenters. The Labute approximate surface area is 299 Å². The Hall–Kier alpha value is -3.35. The number of rotatable bonds is 15. The van der Waals surface area contributed by atoms with E-state index in [0.29, 0.717) is 48.2 Å². The molecule has 1 N–H and O–H groups in total. The van der Waals surface area contributed by atoms with Crippen LogP contribution < -0.4 is 0 Å². The average Bonchev–Trinajstić information content (AvgIpc) is 3.07. The highest BCUT2D eigenvalue weighted by Gasteiger charge is 2.38. The fraction of sp³-hybridized carbons (Fsp3) is 0.605. The van der Waals surface area contributed by atoms with E-state index in [2.05, 4.69) is 71.2 Å². The maximum absolute atomic E-state index is 13.9. The summed E-state index contributed by atoms with van der Waals surface area (Å²) in [6, 6.07) is 10.2. The normalized spacial score (nSPS) is 22.8. The summed E-state index contributed by atoms with van der Waals surface area (Å²) in [6.07, 6.45) is 14.6. The molecule has 5 atom stereocenters. The van der Waals surface area contributed by atoms with Crippen LogP contribution in [0.25, 0.3) is 0 Å². The summed E-state index contributed by atoms with van der Waals surface area (Å²) < 4.78 is 35.4. The van der Waals surface area contributed by atoms with Crippen molar-refractivity contribution in [1.29, 1.82) is 0 Å². The van der Waals surface area contributed by atoms with Gasteiger partial charge in [-0.1, -0.05) is 77.2 Å². The molecule has 1 aliphatic carbocycles. The number of nitrogens with zero attached hydrogens (tertiary/aromatic N) is 1. The first-order chi connectivity index (χ1) is 23.7. The summed E-state index contributed by atoms with van der Waals surface area (Å²) in [5.41, 5.74) is 3.25. The van der Waals surface area contributed by atoms with Crippen molar-refractivity contribution in [3.63, 3.8) is 0 Å². The summed E-state index contributed by atoms with van der Waals surface area (Å²) in [6.45, 7) is 14.3. The van der Waals surface area contributed by atoms with Crippen molar-refractivity contribution in [2.75, 3.05) is 7.05 Å². The lowest BCUT2D eigenvalue weighted by Crippen LogP contribution is -2.37. The van der Waals surface area contributed by atoms with E-state index < -0.39 is 17.2 Å². The number of aromatic hydroxyl groups is 1. The number of phenolic OH excluding ortho intramolecular Hbond substituents is 1.